The van der Waals surface area contributed by atoms with E-state index in [1.165, 1.54) is 12.2 Å². The minimum atomic E-state index is 0.174. The van der Waals surface area contributed by atoms with Crippen LogP contribution in [0, 0.1) is 16.7 Å². The molecule has 0 radical (unpaired) electrons. The maximum Gasteiger partial charge on any atom is 0.238 e. The van der Waals surface area contributed by atoms with Gasteiger partial charge in [0.25, 0.3) is 0 Å². The summed E-state index contributed by atoms with van der Waals surface area (Å²) in [4.78, 5) is 9.86. The lowest BCUT2D eigenvalue weighted by Gasteiger charge is -1.88. The smallest absolute Gasteiger partial charge is 0.238 e. The van der Waals surface area contributed by atoms with Gasteiger partial charge >= 0.3 is 0 Å². The zero-order valence-electron chi connectivity index (χ0n) is 4.66. The lowest BCUT2D eigenvalue weighted by Crippen LogP contribution is -1.97. The van der Waals surface area contributed by atoms with Gasteiger partial charge in [-0.3, -0.25) is 5.41 Å². The Hall–Kier alpha value is -1.38. The fraction of sp³-hybridized carbons (Fsp3) is 0. The lowest BCUT2D eigenvalue weighted by atomic mass is 10.1. The van der Waals surface area contributed by atoms with Crippen LogP contribution in [-0.4, -0.2) is 5.71 Å². The third kappa shape index (κ3) is 1.05. The van der Waals surface area contributed by atoms with Crippen molar-refractivity contribution in [3.8, 4) is 0 Å². The first-order chi connectivity index (χ1) is 4.34. The summed E-state index contributed by atoms with van der Waals surface area (Å²) in [6, 6.07) is 0. The number of nitrogens with one attached hydrogen (secondary N) is 1. The molecule has 0 saturated carbocycles. The zero-order valence-corrected chi connectivity index (χ0v) is 4.66. The van der Waals surface area contributed by atoms with Gasteiger partial charge in [-0.25, -0.2) is 0 Å². The predicted octanol–water partition coefficient (Wildman–Crippen LogP) is 1.43. The van der Waals surface area contributed by atoms with Crippen LogP contribution in [0.1, 0.15) is 0 Å². The summed E-state index contributed by atoms with van der Waals surface area (Å²) in [6.07, 6.45) is 6.40. The average Bonchev–Trinajstić information content (AvgIpc) is 1.89. The normalized spacial score (nSPS) is 16.4. The molecule has 0 aliphatic heterocycles. The Labute approximate surface area is 52.6 Å². The van der Waals surface area contributed by atoms with E-state index in [1.807, 2.05) is 0 Å². The van der Waals surface area contributed by atoms with Crippen molar-refractivity contribution < 1.29 is 0 Å². The zero-order chi connectivity index (χ0) is 6.69. The van der Waals surface area contributed by atoms with Crippen molar-refractivity contribution in [2.75, 3.05) is 0 Å². The van der Waals surface area contributed by atoms with E-state index in [4.69, 9.17) is 5.41 Å². The van der Waals surface area contributed by atoms with Crippen LogP contribution in [0.15, 0.2) is 29.1 Å². The molecule has 0 heterocycles. The summed E-state index contributed by atoms with van der Waals surface area (Å²) < 4.78 is 0. The molecule has 3 heteroatoms. The van der Waals surface area contributed by atoms with Crippen molar-refractivity contribution in [2.24, 2.45) is 5.18 Å². The largest absolute Gasteiger partial charge is 0.273 e. The number of hydrogen-bond acceptors (Lipinski definition) is 3. The molecule has 1 N–H and O–H groups in total. The number of nitrogens with zero attached hydrogens (tertiary/aromatic N) is 1. The summed E-state index contributed by atoms with van der Waals surface area (Å²) in [5, 5.41) is 9.71. The molecular formula is C6H5N2O+. The number of rotatable bonds is 1. The second kappa shape index (κ2) is 2.26. The minimum absolute atomic E-state index is 0.174. The third-order valence-corrected chi connectivity index (χ3v) is 1.00. The van der Waals surface area contributed by atoms with Crippen molar-refractivity contribution in [3.63, 3.8) is 0 Å². The van der Waals surface area contributed by atoms with E-state index >= 15 is 0 Å². The van der Waals surface area contributed by atoms with Gasteiger partial charge in [0.05, 0.1) is 18.2 Å². The number of hydrogen-bond donors (Lipinski definition) is 1. The quantitative estimate of drug-likeness (QED) is 0.414. The molecule has 0 spiro atoms. The van der Waals surface area contributed by atoms with Crippen LogP contribution in [0.4, 0.5) is 0 Å². The van der Waals surface area contributed by atoms with Gasteiger partial charge in [0.15, 0.2) is 5.71 Å². The van der Waals surface area contributed by atoms with E-state index in [0.717, 1.165) is 0 Å². The first kappa shape index (κ1) is 5.75. The highest BCUT2D eigenvalue weighted by molar-refractivity contribution is 6.07. The Morgan fingerprint density at radius 1 is 1.67 bits per heavy atom. The summed E-state index contributed by atoms with van der Waals surface area (Å²) >= 11 is 0. The molecule has 0 aromatic carbocycles. The second-order valence-corrected chi connectivity index (χ2v) is 1.61. The Bertz CT molecular complexity index is 203. The Balaban J connectivity index is 2.82. The fourth-order valence-electron chi connectivity index (χ4n) is 0.553. The van der Waals surface area contributed by atoms with Gasteiger partial charge in [0.1, 0.15) is 0 Å². The van der Waals surface area contributed by atoms with Gasteiger partial charge in [-0.2, -0.15) is 0 Å². The summed E-state index contributed by atoms with van der Waals surface area (Å²) in [5.74, 6) is 0. The molecule has 0 aromatic heterocycles. The molecule has 1 aliphatic carbocycles. The van der Waals surface area contributed by atoms with Crippen molar-refractivity contribution in [1.29, 1.82) is 5.41 Å². The first-order valence-electron chi connectivity index (χ1n) is 2.48. The first-order valence-corrected chi connectivity index (χ1v) is 2.48. The van der Waals surface area contributed by atoms with Gasteiger partial charge in [-0.15, -0.1) is 4.91 Å². The van der Waals surface area contributed by atoms with Crippen molar-refractivity contribution >= 4 is 5.71 Å². The highest BCUT2D eigenvalue weighted by atomic mass is 16.3. The van der Waals surface area contributed by atoms with Gasteiger partial charge in [-0.1, -0.05) is 0 Å². The van der Waals surface area contributed by atoms with Crippen molar-refractivity contribution in [2.45, 2.75) is 0 Å². The van der Waals surface area contributed by atoms with Crippen LogP contribution in [0.2, 0.25) is 0 Å². The summed E-state index contributed by atoms with van der Waals surface area (Å²) in [5.41, 5.74) is 0.366. The molecule has 1 aliphatic rings. The fourth-order valence-corrected chi connectivity index (χ4v) is 0.553. The van der Waals surface area contributed by atoms with E-state index < -0.39 is 0 Å². The maximum absolute atomic E-state index is 9.86. The lowest BCUT2D eigenvalue weighted by molar-refractivity contribution is 1.35. The van der Waals surface area contributed by atoms with Gasteiger partial charge in [0, 0.05) is 11.6 Å². The predicted molar refractivity (Wildman–Crippen MR) is 35.0 cm³/mol. The second-order valence-electron chi connectivity index (χ2n) is 1.61. The molecular weight excluding hydrogens is 116 g/mol. The van der Waals surface area contributed by atoms with Gasteiger partial charge < -0.3 is 0 Å². The van der Waals surface area contributed by atoms with E-state index in [0.29, 0.717) is 0 Å². The Kier molecular flexibility index (Phi) is 1.44. The van der Waals surface area contributed by atoms with Crippen molar-refractivity contribution in [1.82, 2.24) is 0 Å². The van der Waals surface area contributed by atoms with E-state index in [9.17, 15) is 4.91 Å². The highest BCUT2D eigenvalue weighted by Gasteiger charge is 2.13. The minimum Gasteiger partial charge on any atom is -0.273 e. The van der Waals surface area contributed by atoms with Crippen LogP contribution in [-0.2, 0) is 0 Å². The Morgan fingerprint density at radius 3 is 2.89 bits per heavy atom. The summed E-state index contributed by atoms with van der Waals surface area (Å²) in [6.45, 7) is 0. The topological polar surface area (TPSA) is 53.3 Å². The Morgan fingerprint density at radius 2 is 2.44 bits per heavy atom. The van der Waals surface area contributed by atoms with Gasteiger partial charge in [-0.05, 0) is 0 Å². The molecule has 0 amide bonds. The van der Waals surface area contributed by atoms with E-state index in [1.54, 1.807) is 12.5 Å². The molecule has 0 saturated heterocycles. The summed E-state index contributed by atoms with van der Waals surface area (Å²) in [7, 11) is 0. The molecule has 0 atom stereocenters. The van der Waals surface area contributed by atoms with Crippen LogP contribution < -0.4 is 0 Å². The average molecular weight is 121 g/mol. The molecule has 44 valence electrons. The van der Waals surface area contributed by atoms with Crippen molar-refractivity contribution in [3.05, 3.63) is 35.3 Å². The molecule has 0 fully saturated rings. The van der Waals surface area contributed by atoms with Crippen LogP contribution in [0.5, 0.6) is 0 Å². The highest BCUT2D eigenvalue weighted by Crippen LogP contribution is 2.06. The monoisotopic (exact) mass is 121 g/mol. The molecule has 0 unspecified atom stereocenters. The third-order valence-electron chi connectivity index (χ3n) is 1.00. The maximum atomic E-state index is 9.86. The number of allylic oxidation sites excluding steroid dienone is 3. The van der Waals surface area contributed by atoms with Crippen LogP contribution in [0.3, 0.4) is 0 Å². The van der Waals surface area contributed by atoms with E-state index in [2.05, 4.69) is 5.18 Å². The van der Waals surface area contributed by atoms with E-state index in [-0.39, 0.29) is 11.4 Å². The van der Waals surface area contributed by atoms with Crippen LogP contribution in [0.25, 0.3) is 0 Å². The van der Waals surface area contributed by atoms with Crippen LogP contribution >= 0.6 is 0 Å². The number of nitroso groups, excluding NO2 is 1. The standard InChI is InChI=1S/C6H5N2O/c7-5-3-1-2-4-6(5)8-9/h1-4,7H/q+1. The van der Waals surface area contributed by atoms with Gasteiger partial charge in [0.2, 0.25) is 5.70 Å². The SMILES string of the molecule is N=C1C=C[CH+]C=C1N=O. The molecule has 3 nitrogen and oxygen atoms in total. The molecule has 0 aromatic rings. The molecule has 9 heavy (non-hydrogen) atoms. The molecule has 0 bridgehead atoms. The molecule has 1 rings (SSSR count).